The summed E-state index contributed by atoms with van der Waals surface area (Å²) in [4.78, 5) is 18.7. The number of morpholine rings is 1. The molecule has 3 heterocycles. The van der Waals surface area contributed by atoms with Gasteiger partial charge in [-0.25, -0.2) is 4.79 Å². The van der Waals surface area contributed by atoms with E-state index in [2.05, 4.69) is 15.1 Å². The molecular formula is C22H36Cl2N4O6. The molecular weight excluding hydrogens is 487 g/mol. The fourth-order valence-corrected chi connectivity index (χ4v) is 4.81. The number of rotatable bonds is 6. The number of methoxy groups -OCH3 is 1. The third-order valence-corrected chi connectivity index (χ3v) is 6.56. The van der Waals surface area contributed by atoms with Gasteiger partial charge in [0.2, 0.25) is 0 Å². The summed E-state index contributed by atoms with van der Waals surface area (Å²) >= 11 is 0. The van der Waals surface area contributed by atoms with E-state index in [1.54, 1.807) is 12.0 Å². The summed E-state index contributed by atoms with van der Waals surface area (Å²) in [5.74, 6) is 0.842. The van der Waals surface area contributed by atoms with E-state index in [0.29, 0.717) is 26.3 Å². The number of anilines is 1. The van der Waals surface area contributed by atoms with Crippen LogP contribution in [0.1, 0.15) is 0 Å². The lowest BCUT2D eigenvalue weighted by Gasteiger charge is -2.41. The van der Waals surface area contributed by atoms with E-state index < -0.39 is 18.3 Å². The molecule has 0 aliphatic carbocycles. The van der Waals surface area contributed by atoms with Gasteiger partial charge in [0.1, 0.15) is 18.0 Å². The molecule has 1 aromatic carbocycles. The van der Waals surface area contributed by atoms with E-state index in [1.165, 1.54) is 0 Å². The highest BCUT2D eigenvalue weighted by molar-refractivity contribution is 5.85. The molecule has 3 aliphatic heterocycles. The lowest BCUT2D eigenvalue weighted by molar-refractivity contribution is -0.0211. The Morgan fingerprint density at radius 3 is 2.41 bits per heavy atom. The SMILES string of the molecule is COc1ccccc1N1CCN([C@@H]2[C@H](O)[C@H](CO)O[C@@H]2CNC(=O)N2CCOCC2)CC1.Cl.Cl. The topological polar surface area (TPSA) is 107 Å². The number of ether oxygens (including phenoxy) is 3. The van der Waals surface area contributed by atoms with Gasteiger partial charge in [0.05, 0.1) is 44.8 Å². The van der Waals surface area contributed by atoms with Crippen LogP contribution in [0, 0.1) is 0 Å². The number of aliphatic hydroxyl groups is 2. The first-order valence-corrected chi connectivity index (χ1v) is 11.3. The molecule has 12 heteroatoms. The van der Waals surface area contributed by atoms with Gasteiger partial charge < -0.3 is 39.5 Å². The minimum Gasteiger partial charge on any atom is -0.495 e. The van der Waals surface area contributed by atoms with Gasteiger partial charge in [-0.05, 0) is 12.1 Å². The molecule has 0 spiro atoms. The van der Waals surface area contributed by atoms with Crippen LogP contribution in [0.5, 0.6) is 5.75 Å². The highest BCUT2D eigenvalue weighted by Gasteiger charge is 2.47. The molecule has 3 fully saturated rings. The maximum atomic E-state index is 12.5. The predicted octanol–water partition coefficient (Wildman–Crippen LogP) is 0.192. The Morgan fingerprint density at radius 1 is 1.09 bits per heavy atom. The van der Waals surface area contributed by atoms with Crippen molar-refractivity contribution in [3.05, 3.63) is 24.3 Å². The summed E-state index contributed by atoms with van der Waals surface area (Å²) in [5.41, 5.74) is 1.06. The van der Waals surface area contributed by atoms with Crippen LogP contribution in [-0.4, -0.2) is 123 Å². The molecule has 4 rings (SSSR count). The Hall–Kier alpha value is -1.53. The van der Waals surface area contributed by atoms with Crippen molar-refractivity contribution >= 4 is 36.5 Å². The third-order valence-electron chi connectivity index (χ3n) is 6.56. The standard InChI is InChI=1S/C22H34N4O6.2ClH/c1-30-17-5-3-2-4-16(17)24-6-8-25(9-7-24)20-18(32-19(15-27)21(20)28)14-23-22(29)26-10-12-31-13-11-26;;/h2-5,18-21,27-28H,6-15H2,1H3,(H,23,29);2*1H/t18-,19+,20+,21-;;/m1../s1. The molecule has 2 amide bonds. The molecule has 10 nitrogen and oxygen atoms in total. The van der Waals surface area contributed by atoms with Crippen molar-refractivity contribution in [2.75, 3.05) is 77.6 Å². The molecule has 34 heavy (non-hydrogen) atoms. The zero-order chi connectivity index (χ0) is 22.5. The number of carbonyl (C=O) groups is 1. The molecule has 3 saturated heterocycles. The van der Waals surface area contributed by atoms with Crippen molar-refractivity contribution < 1.29 is 29.2 Å². The highest BCUT2D eigenvalue weighted by atomic mass is 35.5. The number of amides is 2. The number of hydrogen-bond donors (Lipinski definition) is 3. The molecule has 0 aromatic heterocycles. The molecule has 0 bridgehead atoms. The van der Waals surface area contributed by atoms with Crippen LogP contribution < -0.4 is 15.0 Å². The van der Waals surface area contributed by atoms with Crippen LogP contribution in [0.3, 0.4) is 0 Å². The van der Waals surface area contributed by atoms with E-state index in [0.717, 1.165) is 37.6 Å². The van der Waals surface area contributed by atoms with E-state index in [1.807, 2.05) is 24.3 Å². The minimum absolute atomic E-state index is 0. The van der Waals surface area contributed by atoms with E-state index in [9.17, 15) is 15.0 Å². The summed E-state index contributed by atoms with van der Waals surface area (Å²) in [6.45, 7) is 5.25. The molecule has 0 radical (unpaired) electrons. The van der Waals surface area contributed by atoms with Crippen LogP contribution in [0.15, 0.2) is 24.3 Å². The second kappa shape index (κ2) is 13.5. The number of aliphatic hydroxyl groups excluding tert-OH is 2. The Labute approximate surface area is 212 Å². The number of halogens is 2. The van der Waals surface area contributed by atoms with Gasteiger partial charge in [-0.15, -0.1) is 24.8 Å². The maximum absolute atomic E-state index is 12.5. The maximum Gasteiger partial charge on any atom is 0.317 e. The zero-order valence-corrected chi connectivity index (χ0v) is 21.0. The average Bonchev–Trinajstić information content (AvgIpc) is 3.18. The van der Waals surface area contributed by atoms with Gasteiger partial charge in [0.15, 0.2) is 0 Å². The van der Waals surface area contributed by atoms with Gasteiger partial charge in [-0.1, -0.05) is 12.1 Å². The van der Waals surface area contributed by atoms with Crippen molar-refractivity contribution in [2.45, 2.75) is 24.4 Å². The first kappa shape index (κ1) is 28.7. The number of hydrogen-bond acceptors (Lipinski definition) is 8. The zero-order valence-electron chi connectivity index (χ0n) is 19.4. The normalized spacial score (nSPS) is 27.5. The van der Waals surface area contributed by atoms with Crippen molar-refractivity contribution in [3.8, 4) is 5.75 Å². The Balaban J connectivity index is 0.00000204. The van der Waals surface area contributed by atoms with Crippen LogP contribution in [0.2, 0.25) is 0 Å². The van der Waals surface area contributed by atoms with Crippen molar-refractivity contribution in [2.24, 2.45) is 0 Å². The van der Waals surface area contributed by atoms with Crippen molar-refractivity contribution in [3.63, 3.8) is 0 Å². The van der Waals surface area contributed by atoms with Crippen LogP contribution >= 0.6 is 24.8 Å². The number of piperazine rings is 1. The van der Waals surface area contributed by atoms with Gasteiger partial charge >= 0.3 is 6.03 Å². The van der Waals surface area contributed by atoms with Gasteiger partial charge in [0.25, 0.3) is 0 Å². The lowest BCUT2D eigenvalue weighted by atomic mass is 10.0. The number of urea groups is 1. The van der Waals surface area contributed by atoms with E-state index in [-0.39, 0.29) is 50.0 Å². The average molecular weight is 523 g/mol. The molecule has 3 aliphatic rings. The minimum atomic E-state index is -0.817. The molecule has 0 unspecified atom stereocenters. The molecule has 0 saturated carbocycles. The lowest BCUT2D eigenvalue weighted by Crippen LogP contribution is -2.58. The molecule has 3 N–H and O–H groups in total. The first-order valence-electron chi connectivity index (χ1n) is 11.3. The predicted molar refractivity (Wildman–Crippen MR) is 133 cm³/mol. The number of nitrogens with zero attached hydrogens (tertiary/aromatic N) is 3. The third kappa shape index (κ3) is 6.37. The highest BCUT2D eigenvalue weighted by Crippen LogP contribution is 2.31. The molecule has 4 atom stereocenters. The monoisotopic (exact) mass is 522 g/mol. The van der Waals surface area contributed by atoms with Crippen LogP contribution in [-0.2, 0) is 9.47 Å². The van der Waals surface area contributed by atoms with Crippen LogP contribution in [0.25, 0.3) is 0 Å². The largest absolute Gasteiger partial charge is 0.495 e. The quantitative estimate of drug-likeness (QED) is 0.486. The van der Waals surface area contributed by atoms with Crippen LogP contribution in [0.4, 0.5) is 10.5 Å². The summed E-state index contributed by atoms with van der Waals surface area (Å²) < 4.78 is 16.7. The molecule has 1 aromatic rings. The summed E-state index contributed by atoms with van der Waals surface area (Å²) in [6.07, 6.45) is -1.87. The first-order chi connectivity index (χ1) is 15.6. The fourth-order valence-electron chi connectivity index (χ4n) is 4.81. The van der Waals surface area contributed by atoms with Gasteiger partial charge in [-0.3, -0.25) is 4.90 Å². The summed E-state index contributed by atoms with van der Waals surface area (Å²) in [7, 11) is 1.67. The Kier molecular flexibility index (Phi) is 11.4. The Morgan fingerprint density at radius 2 is 1.76 bits per heavy atom. The number of para-hydroxylation sites is 2. The smallest absolute Gasteiger partial charge is 0.317 e. The molecule has 194 valence electrons. The number of benzene rings is 1. The van der Waals surface area contributed by atoms with Gasteiger partial charge in [-0.2, -0.15) is 0 Å². The van der Waals surface area contributed by atoms with E-state index in [4.69, 9.17) is 14.2 Å². The Bertz CT molecular complexity index is 765. The number of carbonyl (C=O) groups excluding carboxylic acids is 1. The van der Waals surface area contributed by atoms with Crippen molar-refractivity contribution in [1.29, 1.82) is 0 Å². The van der Waals surface area contributed by atoms with E-state index >= 15 is 0 Å². The van der Waals surface area contributed by atoms with Gasteiger partial charge in [0, 0.05) is 45.8 Å². The summed E-state index contributed by atoms with van der Waals surface area (Å²) in [6, 6.07) is 7.51. The fraction of sp³-hybridized carbons (Fsp3) is 0.682. The second-order valence-corrected chi connectivity index (χ2v) is 8.36. The summed E-state index contributed by atoms with van der Waals surface area (Å²) in [5, 5.41) is 23.5. The second-order valence-electron chi connectivity index (χ2n) is 8.36. The number of nitrogens with one attached hydrogen (secondary N) is 1. The van der Waals surface area contributed by atoms with Crippen molar-refractivity contribution in [1.82, 2.24) is 15.1 Å².